The topological polar surface area (TPSA) is 73.5 Å². The second-order valence-corrected chi connectivity index (χ2v) is 5.09. The van der Waals surface area contributed by atoms with Crippen LogP contribution in [0.25, 0.3) is 0 Å². The molecular weight excluding hydrogens is 214 g/mol. The number of aliphatic imine (C=N–C) groups is 1. The van der Waals surface area contributed by atoms with Crippen molar-refractivity contribution in [3.63, 3.8) is 0 Å². The Morgan fingerprint density at radius 3 is 2.69 bits per heavy atom. The molecule has 1 aliphatic heterocycles. The minimum absolute atomic E-state index is 0.321. The zero-order valence-electron chi connectivity index (χ0n) is 7.15. The van der Waals surface area contributed by atoms with E-state index in [1.165, 1.54) is 6.20 Å². The van der Waals surface area contributed by atoms with Gasteiger partial charge in [-0.2, -0.15) is 0 Å². The van der Waals surface area contributed by atoms with Crippen molar-refractivity contribution in [3.05, 3.63) is 11.8 Å². The molecule has 0 bridgehead atoms. The maximum absolute atomic E-state index is 11.1. The molecule has 0 fully saturated rings. The normalized spacial score (nSPS) is 24.0. The molecule has 1 atom stereocenters. The standard InChI is InChI=1S/C6H9ClN3O2S/c1-4-3-9-6(13(2,11)12)10(8)5(4)7/h3,5,8H,1-2H3. The van der Waals surface area contributed by atoms with E-state index in [0.29, 0.717) is 10.6 Å². The van der Waals surface area contributed by atoms with Gasteiger partial charge in [-0.3, -0.25) is 0 Å². The van der Waals surface area contributed by atoms with Crippen LogP contribution in [0.3, 0.4) is 0 Å². The van der Waals surface area contributed by atoms with E-state index in [1.54, 1.807) is 6.92 Å². The van der Waals surface area contributed by atoms with Crippen LogP contribution in [0.4, 0.5) is 0 Å². The Kier molecular flexibility index (Phi) is 2.65. The highest BCUT2D eigenvalue weighted by Crippen LogP contribution is 2.19. The van der Waals surface area contributed by atoms with Gasteiger partial charge in [0.05, 0.1) is 0 Å². The van der Waals surface area contributed by atoms with E-state index in [-0.39, 0.29) is 5.17 Å². The van der Waals surface area contributed by atoms with Gasteiger partial charge in [-0.05, 0) is 12.5 Å². The van der Waals surface area contributed by atoms with Crippen LogP contribution in [0.15, 0.2) is 16.8 Å². The van der Waals surface area contributed by atoms with Crippen LogP contribution >= 0.6 is 11.6 Å². The van der Waals surface area contributed by atoms with Crippen LogP contribution in [-0.2, 0) is 9.84 Å². The number of halogens is 1. The first-order valence-corrected chi connectivity index (χ1v) is 5.76. The molecule has 1 rings (SSSR count). The molecule has 1 heterocycles. The van der Waals surface area contributed by atoms with Gasteiger partial charge in [0.1, 0.15) is 5.50 Å². The predicted molar refractivity (Wildman–Crippen MR) is 50.6 cm³/mol. The van der Waals surface area contributed by atoms with E-state index < -0.39 is 15.3 Å². The molecule has 0 saturated heterocycles. The highest BCUT2D eigenvalue weighted by Gasteiger charge is 2.28. The third-order valence-electron chi connectivity index (χ3n) is 1.52. The molecule has 7 heteroatoms. The first-order valence-electron chi connectivity index (χ1n) is 3.43. The first-order chi connectivity index (χ1) is 5.84. The number of hydrogen-bond donors (Lipinski definition) is 0. The van der Waals surface area contributed by atoms with Crippen LogP contribution in [0, 0.1) is 0 Å². The Morgan fingerprint density at radius 1 is 1.69 bits per heavy atom. The molecule has 0 spiro atoms. The fourth-order valence-corrected chi connectivity index (χ4v) is 1.77. The van der Waals surface area contributed by atoms with Gasteiger partial charge in [0.2, 0.25) is 15.0 Å². The average molecular weight is 223 g/mol. The fourth-order valence-electron chi connectivity index (χ4n) is 0.856. The van der Waals surface area contributed by atoms with Gasteiger partial charge in [-0.25, -0.2) is 18.4 Å². The quantitative estimate of drug-likeness (QED) is 0.439. The predicted octanol–water partition coefficient (Wildman–Crippen LogP) is 0.369. The van der Waals surface area contributed by atoms with Gasteiger partial charge >= 0.3 is 0 Å². The van der Waals surface area contributed by atoms with Crippen molar-refractivity contribution in [3.8, 4) is 0 Å². The number of nitrogens with zero attached hydrogens (tertiary/aromatic N) is 2. The largest absolute Gasteiger partial charge is 0.245 e. The van der Waals surface area contributed by atoms with E-state index >= 15 is 0 Å². The molecule has 1 radical (unpaired) electrons. The summed E-state index contributed by atoms with van der Waals surface area (Å²) < 4.78 is 22.1. The number of hydrogen-bond acceptors (Lipinski definition) is 4. The highest BCUT2D eigenvalue weighted by molar-refractivity contribution is 8.05. The molecule has 0 aromatic heterocycles. The van der Waals surface area contributed by atoms with Crippen molar-refractivity contribution in [2.24, 2.45) is 4.99 Å². The van der Waals surface area contributed by atoms with Gasteiger partial charge in [0, 0.05) is 12.5 Å². The van der Waals surface area contributed by atoms with Crippen molar-refractivity contribution >= 4 is 26.6 Å². The second-order valence-electron chi connectivity index (χ2n) is 2.76. The molecule has 73 valence electrons. The summed E-state index contributed by atoms with van der Waals surface area (Å²) in [7, 11) is -3.47. The average Bonchev–Trinajstić information content (AvgIpc) is 1.98. The first kappa shape index (κ1) is 10.5. The summed E-state index contributed by atoms with van der Waals surface area (Å²) in [6, 6.07) is 0. The minimum Gasteiger partial charge on any atom is -0.245 e. The lowest BCUT2D eigenvalue weighted by molar-refractivity contribution is 0.416. The number of rotatable bonds is 0. The summed E-state index contributed by atoms with van der Waals surface area (Å²) in [5.74, 6) is 7.37. The summed E-state index contributed by atoms with van der Waals surface area (Å²) >= 11 is 5.74. The smallest absolute Gasteiger partial charge is 0.240 e. The molecule has 1 N–H and O–H groups in total. The Balaban J connectivity index is 3.15. The van der Waals surface area contributed by atoms with Crippen LogP contribution < -0.4 is 5.84 Å². The molecule has 5 nitrogen and oxygen atoms in total. The summed E-state index contributed by atoms with van der Waals surface area (Å²) in [5, 5.41) is 0.366. The zero-order valence-corrected chi connectivity index (χ0v) is 8.72. The van der Waals surface area contributed by atoms with E-state index in [1.807, 2.05) is 0 Å². The number of alkyl halides is 1. The van der Waals surface area contributed by atoms with E-state index in [4.69, 9.17) is 17.4 Å². The van der Waals surface area contributed by atoms with Crippen molar-refractivity contribution in [1.29, 1.82) is 0 Å². The van der Waals surface area contributed by atoms with Crippen molar-refractivity contribution in [2.75, 3.05) is 6.26 Å². The summed E-state index contributed by atoms with van der Waals surface area (Å²) in [6.07, 6.45) is 2.35. The molecule has 0 aromatic rings. The van der Waals surface area contributed by atoms with Crippen molar-refractivity contribution in [2.45, 2.75) is 12.4 Å². The lowest BCUT2D eigenvalue weighted by Crippen LogP contribution is -2.42. The molecule has 0 saturated carbocycles. The molecular formula is C6H9ClN3O2S. The van der Waals surface area contributed by atoms with Crippen molar-refractivity contribution in [1.82, 2.24) is 10.9 Å². The van der Waals surface area contributed by atoms with Crippen molar-refractivity contribution < 1.29 is 8.42 Å². The van der Waals surface area contributed by atoms with Gasteiger partial charge in [0.25, 0.3) is 0 Å². The van der Waals surface area contributed by atoms with Crippen LogP contribution in [-0.4, -0.2) is 30.4 Å². The summed E-state index contributed by atoms with van der Waals surface area (Å²) in [4.78, 5) is 3.63. The minimum atomic E-state index is -3.47. The SMILES string of the molecule is CC1=CN=C(S(C)(=O)=O)N([NH])C1Cl. The zero-order chi connectivity index (χ0) is 10.2. The number of sulfone groups is 1. The van der Waals surface area contributed by atoms with Crippen LogP contribution in [0.5, 0.6) is 0 Å². The Morgan fingerprint density at radius 2 is 2.23 bits per heavy atom. The lowest BCUT2D eigenvalue weighted by Gasteiger charge is -2.26. The fraction of sp³-hybridized carbons (Fsp3) is 0.500. The van der Waals surface area contributed by atoms with Crippen LogP contribution in [0.1, 0.15) is 6.92 Å². The Bertz CT molecular complexity index is 373. The molecule has 0 aliphatic carbocycles. The summed E-state index contributed by atoms with van der Waals surface area (Å²) in [5.41, 5.74) is -0.119. The molecule has 0 amide bonds. The third-order valence-corrected chi connectivity index (χ3v) is 3.02. The summed E-state index contributed by atoms with van der Waals surface area (Å²) in [6.45, 7) is 1.68. The third kappa shape index (κ3) is 2.01. The van der Waals surface area contributed by atoms with Gasteiger partial charge in [0.15, 0.2) is 0 Å². The maximum atomic E-state index is 11.1. The Hall–Kier alpha value is -0.590. The Labute approximate surface area is 81.8 Å². The van der Waals surface area contributed by atoms with Gasteiger partial charge in [-0.1, -0.05) is 11.6 Å². The molecule has 13 heavy (non-hydrogen) atoms. The van der Waals surface area contributed by atoms with E-state index in [0.717, 1.165) is 6.26 Å². The maximum Gasteiger partial charge on any atom is 0.240 e. The van der Waals surface area contributed by atoms with Gasteiger partial charge in [-0.15, -0.1) is 5.84 Å². The lowest BCUT2D eigenvalue weighted by atomic mass is 10.3. The second kappa shape index (κ2) is 3.28. The number of amidine groups is 1. The monoisotopic (exact) mass is 222 g/mol. The van der Waals surface area contributed by atoms with Gasteiger partial charge < -0.3 is 0 Å². The molecule has 1 aliphatic rings. The van der Waals surface area contributed by atoms with E-state index in [2.05, 4.69) is 4.99 Å². The molecule has 0 aromatic carbocycles. The molecule has 1 unspecified atom stereocenters. The number of nitrogens with one attached hydrogen (secondary N) is 1. The van der Waals surface area contributed by atoms with E-state index in [9.17, 15) is 8.42 Å². The van der Waals surface area contributed by atoms with Crippen LogP contribution in [0.2, 0.25) is 0 Å². The highest BCUT2D eigenvalue weighted by atomic mass is 35.5.